The molecule has 2 heterocycles. The number of amides is 2. The van der Waals surface area contributed by atoms with E-state index >= 15 is 0 Å². The molecular formula is C12H12N4O2Se. The van der Waals surface area contributed by atoms with Gasteiger partial charge >= 0.3 is 115 Å². The molecule has 0 bridgehead atoms. The zero-order chi connectivity index (χ0) is 13.2. The molecule has 1 aromatic carbocycles. The number of fused-ring (bicyclic) bond motifs is 1. The maximum atomic E-state index is 12.1. The van der Waals surface area contributed by atoms with Gasteiger partial charge in [0.2, 0.25) is 0 Å². The summed E-state index contributed by atoms with van der Waals surface area (Å²) in [7, 11) is 0. The fraction of sp³-hybridized carbons (Fsp3) is 0.333. The molecule has 0 aliphatic carbocycles. The van der Waals surface area contributed by atoms with Gasteiger partial charge in [-0.05, 0) is 0 Å². The van der Waals surface area contributed by atoms with Crippen LogP contribution in [0.1, 0.15) is 12.8 Å². The number of carbonyl (C=O) groups excluding carboxylic acids is 2. The van der Waals surface area contributed by atoms with Gasteiger partial charge < -0.3 is 0 Å². The van der Waals surface area contributed by atoms with E-state index in [0.717, 1.165) is 11.0 Å². The van der Waals surface area contributed by atoms with Crippen molar-refractivity contribution in [2.75, 3.05) is 11.9 Å². The van der Waals surface area contributed by atoms with Crippen LogP contribution in [0, 0.1) is 5.92 Å². The molecule has 6 nitrogen and oxygen atoms in total. The monoisotopic (exact) mass is 324 g/mol. The number of nitrogens with one attached hydrogen (secondary N) is 2. The molecule has 1 saturated heterocycles. The minimum atomic E-state index is -0.169. The quantitative estimate of drug-likeness (QED) is 0.771. The standard InChI is InChI=1S/C12H12N4O2Se/c17-10-5-4-7(6-13-10)12(18)14-8-2-1-3-9-11(8)16-19-15-9/h1-3,7H,4-6H2,(H,13,17)(H,14,18). The Balaban J connectivity index is 1.76. The first kappa shape index (κ1) is 12.3. The van der Waals surface area contributed by atoms with E-state index in [9.17, 15) is 9.59 Å². The van der Waals surface area contributed by atoms with Gasteiger partial charge in [0, 0.05) is 0 Å². The van der Waals surface area contributed by atoms with Crippen molar-refractivity contribution in [3.8, 4) is 0 Å². The van der Waals surface area contributed by atoms with Crippen LogP contribution < -0.4 is 10.6 Å². The minimum absolute atomic E-state index is 0.0150. The van der Waals surface area contributed by atoms with E-state index in [1.807, 2.05) is 18.2 Å². The fourth-order valence-corrected chi connectivity index (χ4v) is 3.25. The molecule has 2 aromatic rings. The van der Waals surface area contributed by atoms with Gasteiger partial charge in [0.25, 0.3) is 0 Å². The summed E-state index contributed by atoms with van der Waals surface area (Å²) in [5, 5.41) is 5.61. The van der Waals surface area contributed by atoms with Crippen LogP contribution in [0.2, 0.25) is 0 Å². The molecule has 1 atom stereocenters. The molecule has 19 heavy (non-hydrogen) atoms. The SMILES string of the molecule is O=C1CCC(C(=O)Nc2cccc3n[se]nc23)CN1. The Labute approximate surface area is 115 Å². The van der Waals surface area contributed by atoms with Crippen LogP contribution in [-0.4, -0.2) is 41.3 Å². The van der Waals surface area contributed by atoms with Crippen LogP contribution in [0.4, 0.5) is 5.69 Å². The Bertz CT molecular complexity index is 629. The molecule has 0 spiro atoms. The first-order valence-corrected chi connectivity index (χ1v) is 7.56. The number of carbonyl (C=O) groups is 2. The van der Waals surface area contributed by atoms with Crippen LogP contribution in [0.3, 0.4) is 0 Å². The summed E-state index contributed by atoms with van der Waals surface area (Å²) in [4.78, 5) is 23.2. The number of piperidine rings is 1. The van der Waals surface area contributed by atoms with Crippen molar-refractivity contribution >= 4 is 43.5 Å². The Hall–Kier alpha value is -1.72. The summed E-state index contributed by atoms with van der Waals surface area (Å²) in [5.74, 6) is -0.221. The van der Waals surface area contributed by atoms with E-state index in [0.29, 0.717) is 25.1 Å². The molecule has 1 aromatic heterocycles. The average Bonchev–Trinajstić information content (AvgIpc) is 2.89. The molecule has 1 unspecified atom stereocenters. The summed E-state index contributed by atoms with van der Waals surface area (Å²) in [5.41, 5.74) is 2.33. The van der Waals surface area contributed by atoms with E-state index < -0.39 is 0 Å². The summed E-state index contributed by atoms with van der Waals surface area (Å²) in [6.45, 7) is 0.408. The number of hydrogen-bond donors (Lipinski definition) is 2. The first-order chi connectivity index (χ1) is 9.24. The van der Waals surface area contributed by atoms with Crippen LogP contribution in [0.25, 0.3) is 11.0 Å². The molecule has 1 aliphatic rings. The summed E-state index contributed by atoms with van der Waals surface area (Å²) in [6, 6.07) is 5.58. The van der Waals surface area contributed by atoms with E-state index in [1.165, 1.54) is 0 Å². The van der Waals surface area contributed by atoms with Crippen molar-refractivity contribution < 1.29 is 9.59 Å². The summed E-state index contributed by atoms with van der Waals surface area (Å²) < 4.78 is 8.60. The van der Waals surface area contributed by atoms with Crippen molar-refractivity contribution in [1.29, 1.82) is 0 Å². The molecule has 2 N–H and O–H groups in total. The Morgan fingerprint density at radius 3 is 3.11 bits per heavy atom. The topological polar surface area (TPSA) is 84.0 Å². The van der Waals surface area contributed by atoms with Gasteiger partial charge in [-0.25, -0.2) is 0 Å². The number of hydrogen-bond acceptors (Lipinski definition) is 4. The van der Waals surface area contributed by atoms with Crippen molar-refractivity contribution in [3.63, 3.8) is 0 Å². The third-order valence-corrected chi connectivity index (χ3v) is 4.32. The number of anilines is 1. The van der Waals surface area contributed by atoms with Gasteiger partial charge in [0.1, 0.15) is 0 Å². The van der Waals surface area contributed by atoms with Crippen molar-refractivity contribution in [1.82, 2.24) is 13.3 Å². The van der Waals surface area contributed by atoms with Crippen molar-refractivity contribution in [3.05, 3.63) is 18.2 Å². The molecule has 0 radical (unpaired) electrons. The van der Waals surface area contributed by atoms with Crippen LogP contribution in [-0.2, 0) is 9.59 Å². The van der Waals surface area contributed by atoms with Crippen molar-refractivity contribution in [2.45, 2.75) is 12.8 Å². The second-order valence-electron chi connectivity index (χ2n) is 4.47. The number of rotatable bonds is 2. The number of nitrogens with zero attached hydrogens (tertiary/aromatic N) is 2. The molecule has 1 fully saturated rings. The summed E-state index contributed by atoms with van der Waals surface area (Å²) in [6.07, 6.45) is 1.01. The van der Waals surface area contributed by atoms with Gasteiger partial charge in [-0.3, -0.25) is 0 Å². The number of benzene rings is 1. The van der Waals surface area contributed by atoms with Gasteiger partial charge in [-0.1, -0.05) is 0 Å². The van der Waals surface area contributed by atoms with Crippen LogP contribution in [0.15, 0.2) is 18.2 Å². The van der Waals surface area contributed by atoms with Gasteiger partial charge in [0.15, 0.2) is 0 Å². The predicted molar refractivity (Wildman–Crippen MR) is 70.8 cm³/mol. The Morgan fingerprint density at radius 1 is 1.42 bits per heavy atom. The van der Waals surface area contributed by atoms with E-state index in [1.54, 1.807) is 0 Å². The summed E-state index contributed by atoms with van der Waals surface area (Å²) >= 11 is -0.109. The molecular weight excluding hydrogens is 311 g/mol. The second kappa shape index (κ2) is 5.11. The predicted octanol–water partition coefficient (Wildman–Crippen LogP) is 0.151. The third-order valence-electron chi connectivity index (χ3n) is 3.18. The maximum absolute atomic E-state index is 12.1. The van der Waals surface area contributed by atoms with Gasteiger partial charge in [0.05, 0.1) is 0 Å². The average molecular weight is 323 g/mol. The van der Waals surface area contributed by atoms with Crippen LogP contribution in [0.5, 0.6) is 0 Å². The normalized spacial score (nSPS) is 19.2. The molecule has 7 heteroatoms. The van der Waals surface area contributed by atoms with Crippen molar-refractivity contribution in [2.24, 2.45) is 5.92 Å². The third kappa shape index (κ3) is 2.52. The second-order valence-corrected chi connectivity index (χ2v) is 5.58. The van der Waals surface area contributed by atoms with E-state index in [2.05, 4.69) is 18.6 Å². The zero-order valence-electron chi connectivity index (χ0n) is 10.0. The zero-order valence-corrected chi connectivity index (χ0v) is 11.8. The fourth-order valence-electron chi connectivity index (χ4n) is 2.10. The van der Waals surface area contributed by atoms with E-state index in [4.69, 9.17) is 0 Å². The number of aromatic nitrogens is 2. The Kier molecular flexibility index (Phi) is 3.31. The molecule has 2 amide bonds. The van der Waals surface area contributed by atoms with Gasteiger partial charge in [-0.2, -0.15) is 0 Å². The molecule has 98 valence electrons. The Morgan fingerprint density at radius 2 is 2.32 bits per heavy atom. The molecule has 3 rings (SSSR count). The van der Waals surface area contributed by atoms with Gasteiger partial charge in [-0.15, -0.1) is 0 Å². The van der Waals surface area contributed by atoms with Crippen LogP contribution >= 0.6 is 0 Å². The van der Waals surface area contributed by atoms with E-state index in [-0.39, 0.29) is 32.7 Å². The molecule has 1 aliphatic heterocycles. The first-order valence-electron chi connectivity index (χ1n) is 6.03. The molecule has 0 saturated carbocycles.